The molecule has 1 aliphatic rings. The fraction of sp³-hybridized carbons (Fsp3) is 0.481. The second-order valence-electron chi connectivity index (χ2n) is 9.28. The van der Waals surface area contributed by atoms with Crippen molar-refractivity contribution in [3.63, 3.8) is 0 Å². The van der Waals surface area contributed by atoms with Crippen molar-refractivity contribution < 1.29 is 23.9 Å². The number of carbonyl (C=O) groups is 3. The molecular formula is C27H36N4O5. The van der Waals surface area contributed by atoms with Crippen LogP contribution >= 0.6 is 0 Å². The fourth-order valence-corrected chi connectivity index (χ4v) is 4.22. The van der Waals surface area contributed by atoms with Gasteiger partial charge in [-0.2, -0.15) is 0 Å². The Morgan fingerprint density at radius 2 is 1.97 bits per heavy atom. The van der Waals surface area contributed by atoms with E-state index >= 15 is 0 Å². The normalized spacial score (nSPS) is 21.0. The molecule has 0 saturated heterocycles. The highest BCUT2D eigenvalue weighted by atomic mass is 16.5. The van der Waals surface area contributed by atoms with Crippen LogP contribution in [0.5, 0.6) is 5.75 Å². The number of carbonyl (C=O) groups excluding carboxylic acids is 3. The van der Waals surface area contributed by atoms with Gasteiger partial charge in [0.1, 0.15) is 18.1 Å². The van der Waals surface area contributed by atoms with Gasteiger partial charge in [-0.25, -0.2) is 0 Å². The van der Waals surface area contributed by atoms with Gasteiger partial charge >= 0.3 is 0 Å². The third-order valence-electron chi connectivity index (χ3n) is 6.35. The Morgan fingerprint density at radius 1 is 1.19 bits per heavy atom. The number of anilines is 1. The van der Waals surface area contributed by atoms with Crippen molar-refractivity contribution in [2.75, 3.05) is 39.2 Å². The number of hydrogen-bond acceptors (Lipinski definition) is 6. The summed E-state index contributed by atoms with van der Waals surface area (Å²) in [7, 11) is 3.32. The first kappa shape index (κ1) is 27.1. The Labute approximate surface area is 212 Å². The lowest BCUT2D eigenvalue weighted by Gasteiger charge is -2.36. The van der Waals surface area contributed by atoms with Crippen molar-refractivity contribution >= 4 is 23.4 Å². The van der Waals surface area contributed by atoms with Crippen LogP contribution in [0, 0.1) is 5.92 Å². The van der Waals surface area contributed by atoms with Crippen LogP contribution in [0.2, 0.25) is 0 Å². The van der Waals surface area contributed by atoms with Gasteiger partial charge in [0.05, 0.1) is 17.7 Å². The third kappa shape index (κ3) is 6.60. The number of likely N-dealkylation sites (N-methyl/N-ethyl adjacent to an activating group) is 1. The minimum atomic E-state index is -0.304. The lowest BCUT2D eigenvalue weighted by Crippen LogP contribution is -2.48. The summed E-state index contributed by atoms with van der Waals surface area (Å²) in [4.78, 5) is 46.5. The van der Waals surface area contributed by atoms with Gasteiger partial charge in [-0.1, -0.05) is 19.9 Å². The van der Waals surface area contributed by atoms with E-state index in [-0.39, 0.29) is 42.4 Å². The summed E-state index contributed by atoms with van der Waals surface area (Å²) in [6.45, 7) is 6.75. The molecule has 1 aliphatic heterocycles. The summed E-state index contributed by atoms with van der Waals surface area (Å²) in [6.07, 6.45) is 2.41. The Morgan fingerprint density at radius 3 is 2.64 bits per heavy atom. The summed E-state index contributed by atoms with van der Waals surface area (Å²) < 4.78 is 11.8. The lowest BCUT2D eigenvalue weighted by atomic mass is 10.0. The van der Waals surface area contributed by atoms with Crippen molar-refractivity contribution in [1.82, 2.24) is 14.8 Å². The van der Waals surface area contributed by atoms with E-state index in [1.165, 1.54) is 0 Å². The minimum absolute atomic E-state index is 0.0704. The average molecular weight is 497 g/mol. The predicted molar refractivity (Wildman–Crippen MR) is 137 cm³/mol. The number of aromatic nitrogens is 1. The van der Waals surface area contributed by atoms with Crippen LogP contribution in [0.15, 0.2) is 42.6 Å². The lowest BCUT2D eigenvalue weighted by molar-refractivity contribution is -0.116. The molecule has 1 aromatic carbocycles. The van der Waals surface area contributed by atoms with Gasteiger partial charge in [0.2, 0.25) is 5.91 Å². The number of rotatable bonds is 5. The van der Waals surface area contributed by atoms with E-state index in [1.54, 1.807) is 66.6 Å². The molecule has 3 rings (SSSR count). The number of nitrogens with zero attached hydrogens (tertiary/aromatic N) is 3. The zero-order chi connectivity index (χ0) is 26.2. The monoisotopic (exact) mass is 496 g/mol. The minimum Gasteiger partial charge on any atom is -0.491 e. The first-order valence-electron chi connectivity index (χ1n) is 12.3. The van der Waals surface area contributed by atoms with E-state index in [4.69, 9.17) is 9.47 Å². The van der Waals surface area contributed by atoms with Crippen LogP contribution < -0.4 is 10.1 Å². The van der Waals surface area contributed by atoms with E-state index < -0.39 is 0 Å². The molecule has 1 N–H and O–H groups in total. The van der Waals surface area contributed by atoms with E-state index in [9.17, 15) is 14.4 Å². The standard InChI is InChI=1S/C27H36N4O5/c1-6-9-25(32)29-20-11-12-23-21(14-20)26(33)30(4)16-24(35-5)18(2)15-31(19(3)17-36-23)27(34)22-10-7-8-13-28-22/h7-8,10-14,18-19,24H,6,9,15-17H2,1-5H3,(H,29,32)/t18-,19+,24+/m1/s1. The van der Waals surface area contributed by atoms with Gasteiger partial charge in [0.25, 0.3) is 11.8 Å². The first-order chi connectivity index (χ1) is 17.2. The topological polar surface area (TPSA) is 101 Å². The first-order valence-corrected chi connectivity index (χ1v) is 12.3. The Balaban J connectivity index is 1.96. The molecule has 1 aromatic heterocycles. The van der Waals surface area contributed by atoms with Crippen LogP contribution in [0.4, 0.5) is 5.69 Å². The number of hydrogen-bond donors (Lipinski definition) is 1. The summed E-state index contributed by atoms with van der Waals surface area (Å²) >= 11 is 0. The zero-order valence-electron chi connectivity index (χ0n) is 21.7. The van der Waals surface area contributed by atoms with Crippen molar-refractivity contribution in [2.24, 2.45) is 5.92 Å². The Hall–Kier alpha value is -3.46. The SMILES string of the molecule is CCCC(=O)Nc1ccc2c(c1)C(=O)N(C)C[C@H](OC)[C@H](C)CN(C(=O)c1ccccn1)[C@@H](C)CO2. The largest absolute Gasteiger partial charge is 0.491 e. The van der Waals surface area contributed by atoms with Gasteiger partial charge in [-0.3, -0.25) is 19.4 Å². The molecule has 0 bridgehead atoms. The molecule has 3 atom stereocenters. The second kappa shape index (κ2) is 12.5. The molecule has 36 heavy (non-hydrogen) atoms. The van der Waals surface area contributed by atoms with E-state index in [0.29, 0.717) is 42.2 Å². The number of amides is 3. The molecule has 0 unspecified atom stereocenters. The molecule has 194 valence electrons. The van der Waals surface area contributed by atoms with Crippen LogP contribution in [0.3, 0.4) is 0 Å². The van der Waals surface area contributed by atoms with Crippen molar-refractivity contribution in [1.29, 1.82) is 0 Å². The number of pyridine rings is 1. The molecule has 0 aliphatic carbocycles. The summed E-state index contributed by atoms with van der Waals surface area (Å²) in [5, 5.41) is 2.84. The number of methoxy groups -OCH3 is 1. The molecule has 0 radical (unpaired) electrons. The maximum absolute atomic E-state index is 13.4. The predicted octanol–water partition coefficient (Wildman–Crippen LogP) is 3.47. The molecule has 9 nitrogen and oxygen atoms in total. The fourth-order valence-electron chi connectivity index (χ4n) is 4.22. The van der Waals surface area contributed by atoms with Crippen LogP contribution in [0.1, 0.15) is 54.5 Å². The zero-order valence-corrected chi connectivity index (χ0v) is 21.7. The van der Waals surface area contributed by atoms with Gasteiger partial charge in [-0.15, -0.1) is 0 Å². The quantitative estimate of drug-likeness (QED) is 0.680. The number of benzene rings is 1. The van der Waals surface area contributed by atoms with Crippen LogP contribution in [-0.2, 0) is 9.53 Å². The molecule has 2 aromatic rings. The number of nitrogens with one attached hydrogen (secondary N) is 1. The number of fused-ring (bicyclic) bond motifs is 1. The average Bonchev–Trinajstić information content (AvgIpc) is 2.88. The number of ether oxygens (including phenoxy) is 2. The van der Waals surface area contributed by atoms with Gasteiger partial charge in [-0.05, 0) is 43.7 Å². The molecule has 0 saturated carbocycles. The maximum atomic E-state index is 13.4. The Bertz CT molecular complexity index is 1060. The summed E-state index contributed by atoms with van der Waals surface area (Å²) in [5.74, 6) is -0.221. The molecular weight excluding hydrogens is 460 g/mol. The summed E-state index contributed by atoms with van der Waals surface area (Å²) in [6, 6.07) is 9.98. The van der Waals surface area contributed by atoms with Crippen LogP contribution in [0.25, 0.3) is 0 Å². The molecule has 2 heterocycles. The molecule has 0 fully saturated rings. The van der Waals surface area contributed by atoms with Crippen molar-refractivity contribution in [3.05, 3.63) is 53.9 Å². The Kier molecular flexibility index (Phi) is 9.41. The van der Waals surface area contributed by atoms with E-state index in [1.807, 2.05) is 20.8 Å². The van der Waals surface area contributed by atoms with Crippen LogP contribution in [-0.4, -0.2) is 78.5 Å². The molecule has 0 spiro atoms. The highest BCUT2D eigenvalue weighted by Crippen LogP contribution is 2.27. The van der Waals surface area contributed by atoms with Crippen molar-refractivity contribution in [2.45, 2.75) is 45.8 Å². The second-order valence-corrected chi connectivity index (χ2v) is 9.28. The molecule has 3 amide bonds. The highest BCUT2D eigenvalue weighted by molar-refractivity contribution is 5.99. The van der Waals surface area contributed by atoms with Crippen molar-refractivity contribution in [3.8, 4) is 5.75 Å². The smallest absolute Gasteiger partial charge is 0.272 e. The molecule has 9 heteroatoms. The van der Waals surface area contributed by atoms with E-state index in [2.05, 4.69) is 10.3 Å². The van der Waals surface area contributed by atoms with Gasteiger partial charge < -0.3 is 24.6 Å². The van der Waals surface area contributed by atoms with E-state index in [0.717, 1.165) is 6.42 Å². The third-order valence-corrected chi connectivity index (χ3v) is 6.35. The van der Waals surface area contributed by atoms with Gasteiger partial charge in [0.15, 0.2) is 0 Å². The van der Waals surface area contributed by atoms with Gasteiger partial charge in [0, 0.05) is 51.5 Å². The maximum Gasteiger partial charge on any atom is 0.272 e. The highest BCUT2D eigenvalue weighted by Gasteiger charge is 2.31. The summed E-state index contributed by atoms with van der Waals surface area (Å²) in [5.41, 5.74) is 1.23.